The summed E-state index contributed by atoms with van der Waals surface area (Å²) in [6, 6.07) is 9.71. The van der Waals surface area contributed by atoms with Crippen molar-refractivity contribution in [3.8, 4) is 5.75 Å². The Morgan fingerprint density at radius 2 is 2.18 bits per heavy atom. The number of carboxylic acid groups (broad SMARTS) is 1. The fraction of sp³-hybridized carbons (Fsp3) is 0.133. The topological polar surface area (TPSA) is 97.5 Å². The second-order valence-corrected chi connectivity index (χ2v) is 4.45. The van der Waals surface area contributed by atoms with Gasteiger partial charge in [0.1, 0.15) is 24.1 Å². The molecule has 0 radical (unpaired) electrons. The van der Waals surface area contributed by atoms with Crippen LogP contribution in [0.5, 0.6) is 5.75 Å². The summed E-state index contributed by atoms with van der Waals surface area (Å²) in [6.07, 6.45) is 2.80. The monoisotopic (exact) mass is 299 g/mol. The summed E-state index contributed by atoms with van der Waals surface area (Å²) in [4.78, 5) is 18.7. The van der Waals surface area contributed by atoms with Crippen LogP contribution in [0.1, 0.15) is 10.5 Å². The molecule has 0 spiro atoms. The predicted molar refractivity (Wildman–Crippen MR) is 79.2 cm³/mol. The number of ether oxygens (including phenoxy) is 1. The largest absolute Gasteiger partial charge is 0.489 e. The van der Waals surface area contributed by atoms with Gasteiger partial charge < -0.3 is 19.6 Å². The van der Waals surface area contributed by atoms with Crippen LogP contribution in [0.4, 0.5) is 6.01 Å². The quantitative estimate of drug-likeness (QED) is 0.674. The summed E-state index contributed by atoms with van der Waals surface area (Å²) in [5, 5.41) is 12.6. The molecule has 3 rings (SSSR count). The maximum Gasteiger partial charge on any atom is 0.357 e. The molecule has 7 nitrogen and oxygen atoms in total. The van der Waals surface area contributed by atoms with Gasteiger partial charge in [-0.3, -0.25) is 4.98 Å². The number of pyridine rings is 1. The number of nitrogens with one attached hydrogen (secondary N) is 1. The number of aromatic nitrogens is 2. The van der Waals surface area contributed by atoms with E-state index >= 15 is 0 Å². The standard InChI is InChI=1S/C15H13N3O4/c19-14(20)11-9-22-15(18-11)17-7-8-21-12-5-1-3-10-4-2-6-16-13(10)12/h1-6,9H,7-8H2,(H,17,18)(H,19,20). The molecule has 112 valence electrons. The van der Waals surface area contributed by atoms with E-state index in [-0.39, 0.29) is 11.7 Å². The fourth-order valence-corrected chi connectivity index (χ4v) is 1.96. The van der Waals surface area contributed by atoms with E-state index in [0.29, 0.717) is 18.9 Å². The summed E-state index contributed by atoms with van der Waals surface area (Å²) in [6.45, 7) is 0.781. The minimum atomic E-state index is -1.13. The zero-order valence-corrected chi connectivity index (χ0v) is 11.5. The highest BCUT2D eigenvalue weighted by molar-refractivity contribution is 5.85. The van der Waals surface area contributed by atoms with Crippen LogP contribution in [-0.2, 0) is 0 Å². The van der Waals surface area contributed by atoms with Crippen LogP contribution >= 0.6 is 0 Å². The lowest BCUT2D eigenvalue weighted by molar-refractivity contribution is 0.0690. The van der Waals surface area contributed by atoms with Crippen LogP contribution in [0.2, 0.25) is 0 Å². The molecule has 0 fully saturated rings. The van der Waals surface area contributed by atoms with Crippen LogP contribution in [0, 0.1) is 0 Å². The Labute approximate surface area is 125 Å². The van der Waals surface area contributed by atoms with Gasteiger partial charge >= 0.3 is 5.97 Å². The molecule has 22 heavy (non-hydrogen) atoms. The van der Waals surface area contributed by atoms with E-state index in [2.05, 4.69) is 15.3 Å². The van der Waals surface area contributed by atoms with E-state index < -0.39 is 5.97 Å². The number of carbonyl (C=O) groups is 1. The van der Waals surface area contributed by atoms with Crippen LogP contribution in [0.15, 0.2) is 47.2 Å². The number of aromatic carboxylic acids is 1. The van der Waals surface area contributed by atoms with Crippen molar-refractivity contribution in [1.29, 1.82) is 0 Å². The van der Waals surface area contributed by atoms with Crippen molar-refractivity contribution < 1.29 is 19.1 Å². The summed E-state index contributed by atoms with van der Waals surface area (Å²) in [7, 11) is 0. The number of hydrogen-bond donors (Lipinski definition) is 2. The Balaban J connectivity index is 1.57. The van der Waals surface area contributed by atoms with E-state index in [4.69, 9.17) is 14.3 Å². The smallest absolute Gasteiger partial charge is 0.357 e. The lowest BCUT2D eigenvalue weighted by atomic mass is 10.2. The lowest BCUT2D eigenvalue weighted by Crippen LogP contribution is -2.12. The van der Waals surface area contributed by atoms with Crippen molar-refractivity contribution in [3.05, 3.63) is 48.5 Å². The van der Waals surface area contributed by atoms with Crippen LogP contribution in [0.25, 0.3) is 10.9 Å². The Hall–Kier alpha value is -3.09. The third-order valence-corrected chi connectivity index (χ3v) is 2.95. The zero-order valence-electron chi connectivity index (χ0n) is 11.5. The first-order chi connectivity index (χ1) is 10.7. The molecule has 0 aliphatic heterocycles. The zero-order chi connectivity index (χ0) is 15.4. The average molecular weight is 299 g/mol. The molecule has 1 aromatic carbocycles. The van der Waals surface area contributed by atoms with Crippen molar-refractivity contribution in [2.24, 2.45) is 0 Å². The van der Waals surface area contributed by atoms with Gasteiger partial charge in [0.05, 0.1) is 6.54 Å². The number of fused-ring (bicyclic) bond motifs is 1. The Morgan fingerprint density at radius 1 is 1.32 bits per heavy atom. The third-order valence-electron chi connectivity index (χ3n) is 2.95. The Bertz CT molecular complexity index is 795. The maximum absolute atomic E-state index is 10.7. The fourth-order valence-electron chi connectivity index (χ4n) is 1.96. The number of anilines is 1. The normalized spacial score (nSPS) is 10.5. The number of benzene rings is 1. The van der Waals surface area contributed by atoms with Crippen molar-refractivity contribution in [3.63, 3.8) is 0 Å². The average Bonchev–Trinajstić information content (AvgIpc) is 3.01. The van der Waals surface area contributed by atoms with Gasteiger partial charge in [0.2, 0.25) is 0 Å². The number of carboxylic acids is 1. The summed E-state index contributed by atoms with van der Waals surface area (Å²) in [5.41, 5.74) is 0.663. The van der Waals surface area contributed by atoms with Crippen molar-refractivity contribution in [2.45, 2.75) is 0 Å². The molecule has 0 saturated heterocycles. The van der Waals surface area contributed by atoms with Crippen LogP contribution in [0.3, 0.4) is 0 Å². The number of nitrogens with zero attached hydrogens (tertiary/aromatic N) is 2. The minimum absolute atomic E-state index is 0.137. The molecule has 2 aromatic heterocycles. The highest BCUT2D eigenvalue weighted by Gasteiger charge is 2.09. The van der Waals surface area contributed by atoms with Gasteiger partial charge in [-0.25, -0.2) is 4.79 Å². The molecule has 0 amide bonds. The van der Waals surface area contributed by atoms with Crippen molar-refractivity contribution in [1.82, 2.24) is 9.97 Å². The number of hydrogen-bond acceptors (Lipinski definition) is 6. The Morgan fingerprint density at radius 3 is 3.00 bits per heavy atom. The van der Waals surface area contributed by atoms with Gasteiger partial charge in [0, 0.05) is 11.6 Å². The lowest BCUT2D eigenvalue weighted by Gasteiger charge is -2.08. The van der Waals surface area contributed by atoms with Gasteiger partial charge in [0.15, 0.2) is 5.69 Å². The molecule has 0 saturated carbocycles. The van der Waals surface area contributed by atoms with Gasteiger partial charge in [-0.1, -0.05) is 18.2 Å². The first-order valence-electron chi connectivity index (χ1n) is 6.63. The molecule has 0 aliphatic carbocycles. The predicted octanol–water partition coefficient (Wildman–Crippen LogP) is 2.41. The second kappa shape index (κ2) is 6.13. The van der Waals surface area contributed by atoms with E-state index in [1.165, 1.54) is 0 Å². The third kappa shape index (κ3) is 2.98. The molecular formula is C15H13N3O4. The minimum Gasteiger partial charge on any atom is -0.489 e. The van der Waals surface area contributed by atoms with Gasteiger partial charge in [-0.05, 0) is 12.1 Å². The van der Waals surface area contributed by atoms with Gasteiger partial charge in [-0.2, -0.15) is 4.98 Å². The van der Waals surface area contributed by atoms with Crippen LogP contribution in [-0.4, -0.2) is 34.2 Å². The summed E-state index contributed by atoms with van der Waals surface area (Å²) >= 11 is 0. The molecule has 3 aromatic rings. The Kier molecular flexibility index (Phi) is 3.86. The SMILES string of the molecule is O=C(O)c1coc(NCCOc2cccc3cccnc23)n1. The number of oxazole rings is 1. The van der Waals surface area contributed by atoms with Crippen molar-refractivity contribution in [2.75, 3.05) is 18.5 Å². The van der Waals surface area contributed by atoms with Gasteiger partial charge in [-0.15, -0.1) is 0 Å². The van der Waals surface area contributed by atoms with E-state index in [1.54, 1.807) is 6.20 Å². The number of para-hydroxylation sites is 1. The molecule has 0 aliphatic rings. The maximum atomic E-state index is 10.7. The summed E-state index contributed by atoms with van der Waals surface area (Å²) in [5.74, 6) is -0.437. The molecule has 2 N–H and O–H groups in total. The molecule has 0 atom stereocenters. The van der Waals surface area contributed by atoms with Crippen LogP contribution < -0.4 is 10.1 Å². The molecule has 7 heteroatoms. The van der Waals surface area contributed by atoms with E-state index in [9.17, 15) is 4.79 Å². The second-order valence-electron chi connectivity index (χ2n) is 4.45. The van der Waals surface area contributed by atoms with E-state index in [0.717, 1.165) is 17.2 Å². The summed E-state index contributed by atoms with van der Waals surface area (Å²) < 4.78 is 10.7. The van der Waals surface area contributed by atoms with Gasteiger partial charge in [0.25, 0.3) is 6.01 Å². The highest BCUT2D eigenvalue weighted by atomic mass is 16.5. The highest BCUT2D eigenvalue weighted by Crippen LogP contribution is 2.22. The molecule has 0 unspecified atom stereocenters. The molecule has 0 bridgehead atoms. The van der Waals surface area contributed by atoms with Crippen molar-refractivity contribution >= 4 is 22.9 Å². The first kappa shape index (κ1) is 13.9. The van der Waals surface area contributed by atoms with E-state index in [1.807, 2.05) is 30.3 Å². The number of rotatable bonds is 6. The first-order valence-corrected chi connectivity index (χ1v) is 6.63. The molecule has 2 heterocycles. The molecular weight excluding hydrogens is 286 g/mol.